The van der Waals surface area contributed by atoms with Gasteiger partial charge in [0.2, 0.25) is 0 Å². The molecule has 0 amide bonds. The summed E-state index contributed by atoms with van der Waals surface area (Å²) in [6.45, 7) is 4.16. The fraction of sp³-hybridized carbons (Fsp3) is 0.0909. The van der Waals surface area contributed by atoms with E-state index in [9.17, 15) is 4.79 Å². The van der Waals surface area contributed by atoms with Crippen LogP contribution in [0.5, 0.6) is 0 Å². The van der Waals surface area contributed by atoms with Gasteiger partial charge in [-0.3, -0.25) is 4.79 Å². The van der Waals surface area contributed by atoms with E-state index in [1.165, 1.54) is 0 Å². The third-order valence-corrected chi connectivity index (χ3v) is 5.66. The molecule has 2 N–H and O–H groups in total. The molecule has 0 saturated heterocycles. The number of benzene rings is 3. The Morgan fingerprint density at radius 1 is 0.963 bits per heavy atom. The number of nitrogens with one attached hydrogen (secondary N) is 2. The lowest BCUT2D eigenvalue weighted by atomic mass is 9.98. The summed E-state index contributed by atoms with van der Waals surface area (Å²) >= 11 is 3.57. The monoisotopic (exact) mass is 417 g/mol. The van der Waals surface area contributed by atoms with Crippen molar-refractivity contribution in [2.24, 2.45) is 0 Å². The lowest BCUT2D eigenvalue weighted by Crippen LogP contribution is -2.10. The van der Waals surface area contributed by atoms with Gasteiger partial charge in [-0.05, 0) is 61.4 Å². The van der Waals surface area contributed by atoms with E-state index in [0.717, 1.165) is 43.0 Å². The predicted octanol–water partition coefficient (Wildman–Crippen LogP) is 5.60. The highest BCUT2D eigenvalue weighted by atomic mass is 79.9. The Morgan fingerprint density at radius 2 is 1.78 bits per heavy atom. The summed E-state index contributed by atoms with van der Waals surface area (Å²) in [6.07, 6.45) is 0. The fourth-order valence-electron chi connectivity index (χ4n) is 3.84. The summed E-state index contributed by atoms with van der Waals surface area (Å²) in [5, 5.41) is 2.93. The lowest BCUT2D eigenvalue weighted by Gasteiger charge is -2.10. The molecule has 0 spiro atoms. The van der Waals surface area contributed by atoms with Crippen molar-refractivity contribution < 1.29 is 0 Å². The molecule has 0 fully saturated rings. The third kappa shape index (κ3) is 2.42. The largest absolute Gasteiger partial charge is 0.354 e. The van der Waals surface area contributed by atoms with Crippen molar-refractivity contribution in [2.75, 3.05) is 0 Å². The van der Waals surface area contributed by atoms with Crippen LogP contribution in [0.4, 0.5) is 0 Å². The first-order valence-corrected chi connectivity index (χ1v) is 9.53. The molecular formula is C22H16BrN3O. The molecule has 2 aromatic heterocycles. The quantitative estimate of drug-likeness (QED) is 0.372. The number of halogens is 1. The van der Waals surface area contributed by atoms with Gasteiger partial charge in [-0.15, -0.1) is 0 Å². The molecule has 5 rings (SSSR count). The molecule has 3 aromatic carbocycles. The van der Waals surface area contributed by atoms with Gasteiger partial charge in [0.1, 0.15) is 5.82 Å². The minimum atomic E-state index is -0.116. The number of aromatic nitrogens is 3. The first-order valence-electron chi connectivity index (χ1n) is 8.73. The van der Waals surface area contributed by atoms with E-state index in [0.29, 0.717) is 16.7 Å². The first-order chi connectivity index (χ1) is 13.0. The van der Waals surface area contributed by atoms with Crippen LogP contribution in [0.3, 0.4) is 0 Å². The molecule has 0 atom stereocenters. The number of para-hydroxylation sites is 1. The van der Waals surface area contributed by atoms with Crippen molar-refractivity contribution in [3.8, 4) is 11.4 Å². The van der Waals surface area contributed by atoms with Gasteiger partial charge < -0.3 is 9.97 Å². The second-order valence-electron chi connectivity index (χ2n) is 6.86. The fourth-order valence-corrected chi connectivity index (χ4v) is 4.20. The van der Waals surface area contributed by atoms with E-state index in [1.807, 2.05) is 24.3 Å². The Kier molecular flexibility index (Phi) is 3.49. The van der Waals surface area contributed by atoms with Crippen LogP contribution in [0.15, 0.2) is 57.8 Å². The average molecular weight is 418 g/mol. The van der Waals surface area contributed by atoms with Crippen LogP contribution in [0.1, 0.15) is 11.1 Å². The van der Waals surface area contributed by atoms with Crippen LogP contribution >= 0.6 is 15.9 Å². The van der Waals surface area contributed by atoms with Crippen molar-refractivity contribution in [1.29, 1.82) is 0 Å². The number of aromatic amines is 2. The normalized spacial score (nSPS) is 11.7. The van der Waals surface area contributed by atoms with Crippen molar-refractivity contribution in [1.82, 2.24) is 15.0 Å². The summed E-state index contributed by atoms with van der Waals surface area (Å²) in [6, 6.07) is 15.7. The molecule has 132 valence electrons. The Labute approximate surface area is 163 Å². The van der Waals surface area contributed by atoms with Crippen molar-refractivity contribution in [3.63, 3.8) is 0 Å². The molecular weight excluding hydrogens is 402 g/mol. The van der Waals surface area contributed by atoms with Gasteiger partial charge in [-0.25, -0.2) is 4.98 Å². The molecule has 0 aliphatic carbocycles. The van der Waals surface area contributed by atoms with Crippen molar-refractivity contribution in [2.45, 2.75) is 13.8 Å². The van der Waals surface area contributed by atoms with Gasteiger partial charge in [0.25, 0.3) is 5.56 Å². The Bertz CT molecular complexity index is 1430. The standard InChI is InChI=1S/C22H16BrN3O/c1-11-9-15(21-25-17-6-4-3-5-14(17)22(27)26-21)12(2)19-16-10-13(23)7-8-18(16)24-20(11)19/h3-10,24H,1-2H3,(H,25,26,27). The second kappa shape index (κ2) is 5.79. The molecule has 0 aliphatic rings. The third-order valence-electron chi connectivity index (χ3n) is 5.16. The molecule has 5 aromatic rings. The van der Waals surface area contributed by atoms with Crippen LogP contribution in [-0.4, -0.2) is 15.0 Å². The molecule has 5 heteroatoms. The van der Waals surface area contributed by atoms with Gasteiger partial charge in [-0.2, -0.15) is 0 Å². The highest BCUT2D eigenvalue weighted by Crippen LogP contribution is 2.36. The maximum atomic E-state index is 12.5. The van der Waals surface area contributed by atoms with Crippen molar-refractivity contribution in [3.05, 3.63) is 74.5 Å². The zero-order chi connectivity index (χ0) is 18.7. The van der Waals surface area contributed by atoms with E-state index >= 15 is 0 Å². The van der Waals surface area contributed by atoms with E-state index in [-0.39, 0.29) is 5.56 Å². The van der Waals surface area contributed by atoms with Gasteiger partial charge in [0.05, 0.1) is 10.9 Å². The van der Waals surface area contributed by atoms with Gasteiger partial charge >= 0.3 is 0 Å². The maximum Gasteiger partial charge on any atom is 0.259 e. The van der Waals surface area contributed by atoms with E-state index in [4.69, 9.17) is 4.98 Å². The summed E-state index contributed by atoms with van der Waals surface area (Å²) in [7, 11) is 0. The van der Waals surface area contributed by atoms with E-state index in [2.05, 4.69) is 57.9 Å². The predicted molar refractivity (Wildman–Crippen MR) is 114 cm³/mol. The molecule has 4 nitrogen and oxygen atoms in total. The smallest absolute Gasteiger partial charge is 0.259 e. The number of hydrogen-bond acceptors (Lipinski definition) is 2. The molecule has 27 heavy (non-hydrogen) atoms. The number of hydrogen-bond donors (Lipinski definition) is 2. The molecule has 0 saturated carbocycles. The Morgan fingerprint density at radius 3 is 2.63 bits per heavy atom. The highest BCUT2D eigenvalue weighted by Gasteiger charge is 2.16. The van der Waals surface area contributed by atoms with E-state index < -0.39 is 0 Å². The molecule has 2 heterocycles. The summed E-state index contributed by atoms with van der Waals surface area (Å²) < 4.78 is 1.04. The second-order valence-corrected chi connectivity index (χ2v) is 7.78. The number of aryl methyl sites for hydroxylation is 2. The topological polar surface area (TPSA) is 61.5 Å². The summed E-state index contributed by atoms with van der Waals surface area (Å²) in [5.74, 6) is 0.602. The van der Waals surface area contributed by atoms with Crippen LogP contribution in [0, 0.1) is 13.8 Å². The Hall–Kier alpha value is -2.92. The number of H-pyrrole nitrogens is 2. The summed E-state index contributed by atoms with van der Waals surface area (Å²) in [4.78, 5) is 23.7. The molecule has 0 aliphatic heterocycles. The number of rotatable bonds is 1. The zero-order valence-corrected chi connectivity index (χ0v) is 16.4. The van der Waals surface area contributed by atoms with Crippen LogP contribution in [-0.2, 0) is 0 Å². The van der Waals surface area contributed by atoms with Crippen LogP contribution in [0.2, 0.25) is 0 Å². The molecule has 0 bridgehead atoms. The average Bonchev–Trinajstić information content (AvgIpc) is 3.04. The van der Waals surface area contributed by atoms with Crippen molar-refractivity contribution >= 4 is 48.6 Å². The van der Waals surface area contributed by atoms with Gasteiger partial charge in [0, 0.05) is 31.8 Å². The zero-order valence-electron chi connectivity index (χ0n) is 14.9. The molecule has 0 radical (unpaired) electrons. The minimum absolute atomic E-state index is 0.116. The molecule has 0 unspecified atom stereocenters. The number of nitrogens with zero attached hydrogens (tertiary/aromatic N) is 1. The first kappa shape index (κ1) is 16.3. The minimum Gasteiger partial charge on any atom is -0.354 e. The highest BCUT2D eigenvalue weighted by molar-refractivity contribution is 9.10. The van der Waals surface area contributed by atoms with Gasteiger partial charge in [-0.1, -0.05) is 28.1 Å². The SMILES string of the molecule is Cc1cc(-c2nc3ccccc3c(=O)[nH]2)c(C)c2c1[nH]c1ccc(Br)cc12. The Balaban J connectivity index is 1.89. The lowest BCUT2D eigenvalue weighted by molar-refractivity contribution is 1.17. The summed E-state index contributed by atoms with van der Waals surface area (Å²) in [5.41, 5.74) is 5.96. The van der Waals surface area contributed by atoms with Crippen LogP contribution in [0.25, 0.3) is 44.1 Å². The van der Waals surface area contributed by atoms with Crippen LogP contribution < -0.4 is 5.56 Å². The maximum absolute atomic E-state index is 12.5. The van der Waals surface area contributed by atoms with Gasteiger partial charge in [0.15, 0.2) is 0 Å². The van der Waals surface area contributed by atoms with E-state index in [1.54, 1.807) is 6.07 Å². The number of fused-ring (bicyclic) bond motifs is 4.